The van der Waals surface area contributed by atoms with Crippen molar-refractivity contribution in [2.75, 3.05) is 35.5 Å². The molecule has 39 heavy (non-hydrogen) atoms. The fraction of sp³-hybridized carbons (Fsp3) is 0.393. The van der Waals surface area contributed by atoms with Gasteiger partial charge in [-0.05, 0) is 12.5 Å². The Kier molecular flexibility index (Phi) is 6.62. The Bertz CT molecular complexity index is 1450. The van der Waals surface area contributed by atoms with Crippen LogP contribution in [-0.2, 0) is 9.59 Å². The van der Waals surface area contributed by atoms with Gasteiger partial charge < -0.3 is 33.7 Å². The third-order valence-corrected chi connectivity index (χ3v) is 8.03. The number of hydrogen-bond donors (Lipinski definition) is 1. The van der Waals surface area contributed by atoms with E-state index in [0.29, 0.717) is 28.5 Å². The molecule has 0 unspecified atom stereocenters. The number of allylic oxidation sites excluding steroid dienone is 1. The van der Waals surface area contributed by atoms with Crippen molar-refractivity contribution in [2.45, 2.75) is 31.3 Å². The van der Waals surface area contributed by atoms with Crippen molar-refractivity contribution in [1.82, 2.24) is 5.32 Å². The Morgan fingerprint density at radius 2 is 1.41 bits per heavy atom. The first-order chi connectivity index (χ1) is 18.7. The minimum Gasteiger partial charge on any atom is -0.496 e. The van der Waals surface area contributed by atoms with E-state index in [1.165, 1.54) is 41.6 Å². The van der Waals surface area contributed by atoms with Gasteiger partial charge in [0.15, 0.2) is 17.2 Å². The number of ether oxygens (including phenoxy) is 6. The molecule has 10 nitrogen and oxygen atoms in total. The molecule has 0 bridgehead atoms. The summed E-state index contributed by atoms with van der Waals surface area (Å²) >= 11 is 6.55. The van der Waals surface area contributed by atoms with Crippen molar-refractivity contribution in [2.24, 2.45) is 5.92 Å². The number of halogens is 1. The topological polar surface area (TPSA) is 119 Å². The van der Waals surface area contributed by atoms with Gasteiger partial charge >= 0.3 is 0 Å². The van der Waals surface area contributed by atoms with E-state index in [4.69, 9.17) is 40.0 Å². The summed E-state index contributed by atoms with van der Waals surface area (Å²) in [6.07, 6.45) is 0.148. The molecule has 0 aromatic heterocycles. The van der Waals surface area contributed by atoms with Crippen LogP contribution in [0.1, 0.15) is 41.6 Å². The molecule has 3 aliphatic rings. The molecule has 11 heteroatoms. The molecule has 0 saturated heterocycles. The van der Waals surface area contributed by atoms with Crippen LogP contribution in [0.2, 0.25) is 5.02 Å². The zero-order valence-electron chi connectivity index (χ0n) is 22.4. The number of methoxy groups -OCH3 is 5. The van der Waals surface area contributed by atoms with Gasteiger partial charge in [-0.15, -0.1) is 0 Å². The maximum Gasteiger partial charge on any atom is 0.236 e. The lowest BCUT2D eigenvalue weighted by atomic mass is 9.66. The Morgan fingerprint density at radius 3 is 2.03 bits per heavy atom. The highest BCUT2D eigenvalue weighted by Crippen LogP contribution is 2.56. The monoisotopic (exact) mass is 557 g/mol. The molecular formula is C28H28ClNO9. The number of amides is 1. The van der Waals surface area contributed by atoms with E-state index in [-0.39, 0.29) is 52.2 Å². The van der Waals surface area contributed by atoms with E-state index in [0.717, 1.165) is 0 Å². The van der Waals surface area contributed by atoms with Gasteiger partial charge in [0.25, 0.3) is 0 Å². The second kappa shape index (κ2) is 9.68. The number of rotatable bonds is 6. The third kappa shape index (κ3) is 3.72. The number of fused-ring (bicyclic) bond motifs is 1. The predicted molar refractivity (Wildman–Crippen MR) is 140 cm³/mol. The van der Waals surface area contributed by atoms with Crippen LogP contribution < -0.4 is 33.7 Å². The molecule has 0 fully saturated rings. The summed E-state index contributed by atoms with van der Waals surface area (Å²) in [7, 11) is 7.30. The number of carbonyl (C=O) groups excluding carboxylic acids is 3. The molecule has 2 aromatic carbocycles. The van der Waals surface area contributed by atoms with E-state index < -0.39 is 29.0 Å². The maximum atomic E-state index is 14.5. The predicted octanol–water partition coefficient (Wildman–Crippen LogP) is 3.86. The molecule has 1 N–H and O–H groups in total. The van der Waals surface area contributed by atoms with E-state index in [2.05, 4.69) is 5.32 Å². The fourth-order valence-electron chi connectivity index (χ4n) is 5.78. The Morgan fingerprint density at radius 1 is 0.821 bits per heavy atom. The van der Waals surface area contributed by atoms with Gasteiger partial charge in [0.2, 0.25) is 23.1 Å². The number of nitrogens with one attached hydrogen (secondary N) is 1. The zero-order valence-corrected chi connectivity index (χ0v) is 23.1. The lowest BCUT2D eigenvalue weighted by molar-refractivity contribution is -0.131. The highest BCUT2D eigenvalue weighted by atomic mass is 35.5. The number of Topliss-reactive ketones (excluding diaryl/α,β-unsaturated/α-hetero) is 2. The lowest BCUT2D eigenvalue weighted by Gasteiger charge is -2.41. The van der Waals surface area contributed by atoms with Crippen molar-refractivity contribution in [3.8, 4) is 34.5 Å². The van der Waals surface area contributed by atoms with Crippen LogP contribution in [0.25, 0.3) is 0 Å². The molecule has 206 valence electrons. The van der Waals surface area contributed by atoms with E-state index in [1.54, 1.807) is 19.1 Å². The van der Waals surface area contributed by atoms with Crippen molar-refractivity contribution in [3.05, 3.63) is 45.6 Å². The minimum absolute atomic E-state index is 0.0298. The summed E-state index contributed by atoms with van der Waals surface area (Å²) in [4.78, 5) is 41.5. The van der Waals surface area contributed by atoms with Crippen molar-refractivity contribution >= 4 is 29.1 Å². The molecule has 2 heterocycles. The SMILES string of the molecule is COc1cc(OC)c([C@H]2CC(=O)NC3=C2C(=O)[C@@]2(Oc4c(Cl)c(OC)cc(OC)c4C2=O)[C@H](C)C3)cc1OC. The summed E-state index contributed by atoms with van der Waals surface area (Å²) in [5.41, 5.74) is -0.585. The van der Waals surface area contributed by atoms with Gasteiger partial charge in [0.05, 0.1) is 35.5 Å². The highest BCUT2D eigenvalue weighted by Gasteiger charge is 2.63. The molecule has 3 atom stereocenters. The smallest absolute Gasteiger partial charge is 0.236 e. The maximum absolute atomic E-state index is 14.5. The summed E-state index contributed by atoms with van der Waals surface area (Å²) < 4.78 is 33.6. The summed E-state index contributed by atoms with van der Waals surface area (Å²) in [6.45, 7) is 1.73. The Balaban J connectivity index is 1.69. The van der Waals surface area contributed by atoms with Gasteiger partial charge in [-0.25, -0.2) is 0 Å². The zero-order chi connectivity index (χ0) is 28.2. The Hall–Kier alpha value is -3.92. The highest BCUT2D eigenvalue weighted by molar-refractivity contribution is 6.36. The third-order valence-electron chi connectivity index (χ3n) is 7.67. The summed E-state index contributed by atoms with van der Waals surface area (Å²) in [6, 6.07) is 4.80. The van der Waals surface area contributed by atoms with Crippen molar-refractivity contribution < 1.29 is 42.8 Å². The molecule has 2 aliphatic heterocycles. The van der Waals surface area contributed by atoms with Crippen LogP contribution in [0, 0.1) is 5.92 Å². The first kappa shape index (κ1) is 26.7. The normalized spacial score (nSPS) is 23.6. The number of ketones is 2. The van der Waals surface area contributed by atoms with E-state index in [1.807, 2.05) is 0 Å². The van der Waals surface area contributed by atoms with Gasteiger partial charge in [-0.1, -0.05) is 18.5 Å². The van der Waals surface area contributed by atoms with E-state index in [9.17, 15) is 14.4 Å². The number of benzene rings is 2. The molecule has 0 radical (unpaired) electrons. The Labute approximate surface area is 230 Å². The van der Waals surface area contributed by atoms with Crippen LogP contribution in [0.5, 0.6) is 34.5 Å². The van der Waals surface area contributed by atoms with Gasteiger partial charge in [-0.2, -0.15) is 0 Å². The molecule has 5 rings (SSSR count). The van der Waals surface area contributed by atoms with Crippen molar-refractivity contribution in [1.29, 1.82) is 0 Å². The van der Waals surface area contributed by atoms with Gasteiger partial charge in [-0.3, -0.25) is 14.4 Å². The molecular weight excluding hydrogens is 530 g/mol. The van der Waals surface area contributed by atoms with Gasteiger partial charge in [0, 0.05) is 47.2 Å². The molecule has 0 saturated carbocycles. The van der Waals surface area contributed by atoms with Crippen LogP contribution >= 0.6 is 11.6 Å². The average molecular weight is 558 g/mol. The standard InChI is InChI=1S/C28H28ClNO9/c1-12-7-15-22(14(9-21(31)30-15)13-8-17(35-3)18(36-4)10-16(13)34-2)26(32)28(12)27(33)23-19(37-5)11-20(38-6)24(29)25(23)39-28/h8,10-12,14H,7,9H2,1-6H3,(H,30,31)/t12-,14-,28+/m1/s1. The summed E-state index contributed by atoms with van der Waals surface area (Å²) in [5, 5.41) is 2.91. The number of carbonyl (C=O) groups is 3. The van der Waals surface area contributed by atoms with Crippen LogP contribution in [-0.4, -0.2) is 58.6 Å². The quantitative estimate of drug-likeness (QED) is 0.528. The first-order valence-electron chi connectivity index (χ1n) is 12.2. The molecule has 2 aromatic rings. The van der Waals surface area contributed by atoms with Crippen molar-refractivity contribution in [3.63, 3.8) is 0 Å². The second-order valence-electron chi connectivity index (χ2n) is 9.55. The molecule has 1 aliphatic carbocycles. The molecule has 1 amide bonds. The molecule has 1 spiro atoms. The largest absolute Gasteiger partial charge is 0.496 e. The van der Waals surface area contributed by atoms with Gasteiger partial charge in [0.1, 0.15) is 27.8 Å². The fourth-order valence-corrected chi connectivity index (χ4v) is 6.05. The average Bonchev–Trinajstić information content (AvgIpc) is 3.25. The van der Waals surface area contributed by atoms with Crippen LogP contribution in [0.4, 0.5) is 0 Å². The lowest BCUT2D eigenvalue weighted by Crippen LogP contribution is -2.59. The first-order valence-corrected chi connectivity index (χ1v) is 12.6. The summed E-state index contributed by atoms with van der Waals surface area (Å²) in [5.74, 6) is -1.08. The van der Waals surface area contributed by atoms with Crippen LogP contribution in [0.3, 0.4) is 0 Å². The van der Waals surface area contributed by atoms with Crippen LogP contribution in [0.15, 0.2) is 29.5 Å². The minimum atomic E-state index is -1.91. The second-order valence-corrected chi connectivity index (χ2v) is 9.92. The van der Waals surface area contributed by atoms with E-state index >= 15 is 0 Å². The number of hydrogen-bond acceptors (Lipinski definition) is 9.